The fraction of sp³-hybridized carbons (Fsp3) is 0.526. The summed E-state index contributed by atoms with van der Waals surface area (Å²) in [6, 6.07) is 2.42. The molecular formula is C19H25N3O8. The number of rotatable bonds is 11. The van der Waals surface area contributed by atoms with Crippen LogP contribution in [0.15, 0.2) is 24.3 Å². The maximum absolute atomic E-state index is 12.7. The summed E-state index contributed by atoms with van der Waals surface area (Å²) >= 11 is 0. The molecule has 1 saturated heterocycles. The van der Waals surface area contributed by atoms with Crippen LogP contribution in [0.1, 0.15) is 30.6 Å². The highest BCUT2D eigenvalue weighted by Crippen LogP contribution is 2.30. The minimum atomic E-state index is -1.35. The first-order valence-corrected chi connectivity index (χ1v) is 9.39. The highest BCUT2D eigenvalue weighted by atomic mass is 16.6. The third-order valence-corrected chi connectivity index (χ3v) is 4.68. The Morgan fingerprint density at radius 1 is 1.17 bits per heavy atom. The van der Waals surface area contributed by atoms with Gasteiger partial charge < -0.3 is 25.6 Å². The first-order valence-electron chi connectivity index (χ1n) is 9.39. The number of carbonyl (C=O) groups excluding carboxylic acids is 3. The molecule has 0 saturated carbocycles. The lowest BCUT2D eigenvalue weighted by atomic mass is 9.92. The zero-order chi connectivity index (χ0) is 22.5. The molecule has 1 aromatic carbocycles. The van der Waals surface area contributed by atoms with Crippen molar-refractivity contribution in [2.45, 2.75) is 38.0 Å². The van der Waals surface area contributed by atoms with Crippen LogP contribution in [0, 0.1) is 16.0 Å². The van der Waals surface area contributed by atoms with Crippen molar-refractivity contribution < 1.29 is 34.3 Å². The average Bonchev–Trinajstić information content (AvgIpc) is 3.51. The second-order valence-corrected chi connectivity index (χ2v) is 7.51. The number of aliphatic hydroxyl groups excluding tert-OH is 2. The van der Waals surface area contributed by atoms with Crippen LogP contribution in [-0.4, -0.2) is 70.2 Å². The van der Waals surface area contributed by atoms with E-state index >= 15 is 0 Å². The molecule has 11 heteroatoms. The van der Waals surface area contributed by atoms with Crippen molar-refractivity contribution in [2.24, 2.45) is 5.92 Å². The summed E-state index contributed by atoms with van der Waals surface area (Å²) in [5.41, 5.74) is -1.45. The van der Waals surface area contributed by atoms with Gasteiger partial charge in [0.2, 0.25) is 5.91 Å². The third kappa shape index (κ3) is 5.59. The number of epoxide rings is 1. The lowest BCUT2D eigenvalue weighted by molar-refractivity contribution is -0.384. The second kappa shape index (κ2) is 9.74. The monoisotopic (exact) mass is 423 g/mol. The molecule has 2 rings (SSSR count). The Morgan fingerprint density at radius 3 is 2.20 bits per heavy atom. The second-order valence-electron chi connectivity index (χ2n) is 7.51. The van der Waals surface area contributed by atoms with E-state index in [1.165, 1.54) is 12.1 Å². The highest BCUT2D eigenvalue weighted by molar-refractivity contribution is 6.00. The number of Topliss-reactive ketones (excluding diaryl/α,β-unsaturated/α-hetero) is 1. The number of amides is 2. The topological polar surface area (TPSA) is 171 Å². The molecule has 1 aromatic rings. The summed E-state index contributed by atoms with van der Waals surface area (Å²) in [6.45, 7) is 2.54. The van der Waals surface area contributed by atoms with Gasteiger partial charge in [-0.15, -0.1) is 0 Å². The van der Waals surface area contributed by atoms with Gasteiger partial charge in [0, 0.05) is 17.7 Å². The Morgan fingerprint density at radius 2 is 1.77 bits per heavy atom. The maximum Gasteiger partial charge on any atom is 0.269 e. The zero-order valence-electron chi connectivity index (χ0n) is 16.7. The molecule has 1 aliphatic heterocycles. The molecular weight excluding hydrogens is 398 g/mol. The molecule has 1 fully saturated rings. The molecule has 0 aromatic heterocycles. The quantitative estimate of drug-likeness (QED) is 0.210. The molecule has 164 valence electrons. The largest absolute Gasteiger partial charge is 0.394 e. The van der Waals surface area contributed by atoms with Crippen LogP contribution in [0.3, 0.4) is 0 Å². The van der Waals surface area contributed by atoms with E-state index in [9.17, 15) is 34.7 Å². The number of nitrogens with one attached hydrogen (secondary N) is 2. The Bertz CT molecular complexity index is 805. The van der Waals surface area contributed by atoms with Crippen molar-refractivity contribution in [1.82, 2.24) is 10.6 Å². The van der Waals surface area contributed by atoms with Gasteiger partial charge in [0.1, 0.15) is 6.04 Å². The van der Waals surface area contributed by atoms with Crippen LogP contribution >= 0.6 is 0 Å². The van der Waals surface area contributed by atoms with E-state index in [-0.39, 0.29) is 30.2 Å². The fourth-order valence-corrected chi connectivity index (χ4v) is 2.86. The third-order valence-electron chi connectivity index (χ3n) is 4.68. The summed E-state index contributed by atoms with van der Waals surface area (Å²) in [7, 11) is 0. The molecule has 30 heavy (non-hydrogen) atoms. The number of ether oxygens (including phenoxy) is 1. The van der Waals surface area contributed by atoms with Gasteiger partial charge in [0.25, 0.3) is 11.6 Å². The standard InChI is InChI=1S/C19H25N3O8/c1-11(2)7-14(16(25)19(9-24)10-30-19)20-18(27)15(8-23)21-17(26)12-3-5-13(6-4-12)22(28)29/h3-6,11,14-15,23-24H,7-10H2,1-2H3,(H,20,27)(H,21,26)/t14-,15-,19+/m0/s1. The summed E-state index contributed by atoms with van der Waals surface area (Å²) in [4.78, 5) is 47.7. The van der Waals surface area contributed by atoms with Gasteiger partial charge in [0.05, 0.1) is 30.8 Å². The van der Waals surface area contributed by atoms with E-state index in [1.807, 2.05) is 13.8 Å². The molecule has 3 atom stereocenters. The van der Waals surface area contributed by atoms with E-state index in [4.69, 9.17) is 4.74 Å². The summed E-state index contributed by atoms with van der Waals surface area (Å²) in [5, 5.41) is 34.5. The fourth-order valence-electron chi connectivity index (χ4n) is 2.86. The van der Waals surface area contributed by atoms with Gasteiger partial charge in [-0.2, -0.15) is 0 Å². The lowest BCUT2D eigenvalue weighted by Gasteiger charge is -2.24. The smallest absolute Gasteiger partial charge is 0.269 e. The highest BCUT2D eigenvalue weighted by Gasteiger charge is 2.54. The van der Waals surface area contributed by atoms with E-state index in [0.29, 0.717) is 0 Å². The molecule has 2 amide bonds. The van der Waals surface area contributed by atoms with Crippen LogP contribution in [0.2, 0.25) is 0 Å². The Hall–Kier alpha value is -2.89. The number of aliphatic hydroxyl groups is 2. The zero-order valence-corrected chi connectivity index (χ0v) is 16.7. The van der Waals surface area contributed by atoms with Crippen molar-refractivity contribution in [3.05, 3.63) is 39.9 Å². The number of benzene rings is 1. The first kappa shape index (κ1) is 23.4. The Balaban J connectivity index is 2.06. The predicted molar refractivity (Wildman–Crippen MR) is 104 cm³/mol. The van der Waals surface area contributed by atoms with Gasteiger partial charge in [0.15, 0.2) is 11.4 Å². The number of ketones is 1. The summed E-state index contributed by atoms with van der Waals surface area (Å²) in [5.74, 6) is -1.93. The lowest BCUT2D eigenvalue weighted by Crippen LogP contribution is -2.55. The predicted octanol–water partition coefficient (Wildman–Crippen LogP) is -0.453. The molecule has 0 radical (unpaired) electrons. The molecule has 0 spiro atoms. The Labute approximate surface area is 172 Å². The summed E-state index contributed by atoms with van der Waals surface area (Å²) in [6.07, 6.45) is 0.282. The van der Waals surface area contributed by atoms with Crippen LogP contribution in [0.4, 0.5) is 5.69 Å². The SMILES string of the molecule is CC(C)C[C@H](NC(=O)[C@H](CO)NC(=O)c1ccc([N+](=O)[O-])cc1)C(=O)[C@@]1(CO)CO1. The molecule has 1 heterocycles. The number of carbonyl (C=O) groups is 3. The van der Waals surface area contributed by atoms with E-state index < -0.39 is 53.4 Å². The molecule has 0 unspecified atom stereocenters. The van der Waals surface area contributed by atoms with Crippen LogP contribution < -0.4 is 10.6 Å². The maximum atomic E-state index is 12.7. The number of nitro benzene ring substituents is 1. The number of nitrogens with zero attached hydrogens (tertiary/aromatic N) is 1. The minimum absolute atomic E-state index is 0.0380. The van der Waals surface area contributed by atoms with E-state index in [2.05, 4.69) is 10.6 Å². The van der Waals surface area contributed by atoms with Crippen molar-refractivity contribution >= 4 is 23.3 Å². The van der Waals surface area contributed by atoms with Gasteiger partial charge >= 0.3 is 0 Å². The van der Waals surface area contributed by atoms with E-state index in [0.717, 1.165) is 12.1 Å². The number of hydrogen-bond donors (Lipinski definition) is 4. The van der Waals surface area contributed by atoms with Crippen molar-refractivity contribution in [3.63, 3.8) is 0 Å². The molecule has 4 N–H and O–H groups in total. The number of nitro groups is 1. The van der Waals surface area contributed by atoms with E-state index in [1.54, 1.807) is 0 Å². The summed E-state index contributed by atoms with van der Waals surface area (Å²) < 4.78 is 5.07. The Kier molecular flexibility index (Phi) is 7.59. The van der Waals surface area contributed by atoms with Crippen molar-refractivity contribution in [3.8, 4) is 0 Å². The van der Waals surface area contributed by atoms with Crippen LogP contribution in [-0.2, 0) is 14.3 Å². The normalized spacial score (nSPS) is 19.6. The number of non-ortho nitro benzene ring substituents is 1. The molecule has 0 bridgehead atoms. The molecule has 0 aliphatic carbocycles. The van der Waals surface area contributed by atoms with Crippen LogP contribution in [0.25, 0.3) is 0 Å². The van der Waals surface area contributed by atoms with Crippen molar-refractivity contribution in [2.75, 3.05) is 19.8 Å². The van der Waals surface area contributed by atoms with Gasteiger partial charge in [-0.25, -0.2) is 0 Å². The van der Waals surface area contributed by atoms with Crippen molar-refractivity contribution in [1.29, 1.82) is 0 Å². The molecule has 11 nitrogen and oxygen atoms in total. The first-order chi connectivity index (χ1) is 14.1. The van der Waals surface area contributed by atoms with Crippen LogP contribution in [0.5, 0.6) is 0 Å². The average molecular weight is 423 g/mol. The number of hydrogen-bond acceptors (Lipinski definition) is 8. The minimum Gasteiger partial charge on any atom is -0.394 e. The van der Waals surface area contributed by atoms with Gasteiger partial charge in [-0.1, -0.05) is 13.8 Å². The van der Waals surface area contributed by atoms with Gasteiger partial charge in [-0.3, -0.25) is 24.5 Å². The molecule has 1 aliphatic rings. The van der Waals surface area contributed by atoms with Gasteiger partial charge in [-0.05, 0) is 24.5 Å².